The molecule has 1 heterocycles. The Morgan fingerprint density at radius 2 is 1.80 bits per heavy atom. The van der Waals surface area contributed by atoms with Crippen molar-refractivity contribution in [1.82, 2.24) is 9.78 Å². The van der Waals surface area contributed by atoms with Crippen LogP contribution in [0.4, 0.5) is 0 Å². The fraction of sp³-hybridized carbons (Fsp3) is 0.118. The minimum absolute atomic E-state index is 0.00893. The Morgan fingerprint density at radius 1 is 1.00 bits per heavy atom. The van der Waals surface area contributed by atoms with E-state index < -0.39 is 0 Å². The van der Waals surface area contributed by atoms with Crippen LogP contribution in [0, 0.1) is 6.92 Å². The number of H-pyrrole nitrogens is 1. The molecule has 0 spiro atoms. The molecule has 0 atom stereocenters. The van der Waals surface area contributed by atoms with Crippen molar-refractivity contribution < 1.29 is 0 Å². The van der Waals surface area contributed by atoms with Crippen molar-refractivity contribution in [2.45, 2.75) is 13.5 Å². The predicted molar refractivity (Wildman–Crippen MR) is 80.8 cm³/mol. The fourth-order valence-electron chi connectivity index (χ4n) is 2.31. The Labute approximate surface area is 117 Å². The molecule has 20 heavy (non-hydrogen) atoms. The summed E-state index contributed by atoms with van der Waals surface area (Å²) in [7, 11) is 0. The second-order valence-electron chi connectivity index (χ2n) is 4.95. The first-order valence-corrected chi connectivity index (χ1v) is 6.63. The van der Waals surface area contributed by atoms with E-state index in [1.54, 1.807) is 10.7 Å². The van der Waals surface area contributed by atoms with Crippen LogP contribution in [0.15, 0.2) is 65.5 Å². The first kappa shape index (κ1) is 12.5. The summed E-state index contributed by atoms with van der Waals surface area (Å²) in [6.45, 7) is 2.61. The number of hydrogen-bond acceptors (Lipinski definition) is 1. The van der Waals surface area contributed by atoms with Crippen LogP contribution in [-0.4, -0.2) is 9.78 Å². The van der Waals surface area contributed by atoms with Gasteiger partial charge in [-0.05, 0) is 18.1 Å². The van der Waals surface area contributed by atoms with Crippen molar-refractivity contribution >= 4 is 0 Å². The Hall–Kier alpha value is -2.55. The Bertz CT molecular complexity index is 769. The van der Waals surface area contributed by atoms with Crippen LogP contribution in [0.3, 0.4) is 0 Å². The molecule has 0 unspecified atom stereocenters. The zero-order valence-corrected chi connectivity index (χ0v) is 11.3. The zero-order chi connectivity index (χ0) is 13.9. The zero-order valence-electron chi connectivity index (χ0n) is 11.3. The number of nitrogens with zero attached hydrogens (tertiary/aromatic N) is 1. The summed E-state index contributed by atoms with van der Waals surface area (Å²) in [5, 5.41) is 3.17. The van der Waals surface area contributed by atoms with Gasteiger partial charge in [-0.2, -0.15) is 0 Å². The van der Waals surface area contributed by atoms with Gasteiger partial charge >= 0.3 is 0 Å². The first-order valence-electron chi connectivity index (χ1n) is 6.63. The molecule has 0 radical (unpaired) electrons. The minimum Gasteiger partial charge on any atom is -0.295 e. The standard InChI is InChI=1S/C17H16N2O/c1-13-6-5-7-14(10-13)12-19-17(20)11-16(18-19)15-8-3-2-4-9-15/h2-11,18H,12H2,1H3. The number of benzene rings is 2. The van der Waals surface area contributed by atoms with E-state index in [1.807, 2.05) is 42.5 Å². The number of aromatic nitrogens is 2. The van der Waals surface area contributed by atoms with Crippen LogP contribution in [0.1, 0.15) is 11.1 Å². The van der Waals surface area contributed by atoms with E-state index in [0.29, 0.717) is 6.54 Å². The van der Waals surface area contributed by atoms with Crippen LogP contribution in [0.5, 0.6) is 0 Å². The second-order valence-corrected chi connectivity index (χ2v) is 4.95. The van der Waals surface area contributed by atoms with E-state index in [9.17, 15) is 4.79 Å². The summed E-state index contributed by atoms with van der Waals surface area (Å²) in [6.07, 6.45) is 0. The predicted octanol–water partition coefficient (Wildman–Crippen LogP) is 3.20. The second kappa shape index (κ2) is 5.21. The monoisotopic (exact) mass is 264 g/mol. The number of rotatable bonds is 3. The van der Waals surface area contributed by atoms with Gasteiger partial charge in [-0.15, -0.1) is 0 Å². The van der Waals surface area contributed by atoms with Crippen molar-refractivity contribution in [2.75, 3.05) is 0 Å². The lowest BCUT2D eigenvalue weighted by Gasteiger charge is -2.04. The van der Waals surface area contributed by atoms with Crippen molar-refractivity contribution in [3.8, 4) is 11.3 Å². The Kier molecular flexibility index (Phi) is 3.25. The normalized spacial score (nSPS) is 10.7. The van der Waals surface area contributed by atoms with Gasteiger partial charge in [-0.3, -0.25) is 9.89 Å². The van der Waals surface area contributed by atoms with Crippen LogP contribution in [0.25, 0.3) is 11.3 Å². The summed E-state index contributed by atoms with van der Waals surface area (Å²) >= 11 is 0. The maximum Gasteiger partial charge on any atom is 0.267 e. The van der Waals surface area contributed by atoms with Crippen LogP contribution < -0.4 is 5.56 Å². The fourth-order valence-corrected chi connectivity index (χ4v) is 2.31. The van der Waals surface area contributed by atoms with Crippen molar-refractivity contribution in [2.24, 2.45) is 0 Å². The molecule has 0 bridgehead atoms. The van der Waals surface area contributed by atoms with Gasteiger partial charge < -0.3 is 0 Å². The van der Waals surface area contributed by atoms with Crippen molar-refractivity contribution in [3.05, 3.63) is 82.1 Å². The minimum atomic E-state index is -0.00893. The number of nitrogens with one attached hydrogen (secondary N) is 1. The lowest BCUT2D eigenvalue weighted by Crippen LogP contribution is -2.16. The molecular weight excluding hydrogens is 248 g/mol. The average molecular weight is 264 g/mol. The third kappa shape index (κ3) is 2.57. The molecule has 0 saturated carbocycles. The molecule has 100 valence electrons. The molecule has 1 N–H and O–H groups in total. The third-order valence-electron chi connectivity index (χ3n) is 3.30. The molecule has 2 aromatic carbocycles. The van der Waals surface area contributed by atoms with E-state index in [1.165, 1.54) is 5.56 Å². The topological polar surface area (TPSA) is 37.8 Å². The molecule has 3 heteroatoms. The highest BCUT2D eigenvalue weighted by atomic mass is 16.1. The smallest absolute Gasteiger partial charge is 0.267 e. The maximum atomic E-state index is 12.0. The van der Waals surface area contributed by atoms with E-state index in [0.717, 1.165) is 16.8 Å². The van der Waals surface area contributed by atoms with Crippen molar-refractivity contribution in [3.63, 3.8) is 0 Å². The molecule has 1 aromatic heterocycles. The van der Waals surface area contributed by atoms with Gasteiger partial charge in [-0.25, -0.2) is 4.68 Å². The molecule has 0 aliphatic carbocycles. The molecule has 0 aliphatic heterocycles. The maximum absolute atomic E-state index is 12.0. The van der Waals surface area contributed by atoms with Gasteiger partial charge in [0.15, 0.2) is 0 Å². The molecular formula is C17H16N2O. The Balaban J connectivity index is 1.92. The number of aromatic amines is 1. The highest BCUT2D eigenvalue weighted by Crippen LogP contribution is 2.14. The van der Waals surface area contributed by atoms with E-state index >= 15 is 0 Å². The van der Waals surface area contributed by atoms with E-state index in [4.69, 9.17) is 0 Å². The third-order valence-corrected chi connectivity index (χ3v) is 3.30. The molecule has 0 amide bonds. The van der Waals surface area contributed by atoms with Crippen molar-refractivity contribution in [1.29, 1.82) is 0 Å². The number of hydrogen-bond donors (Lipinski definition) is 1. The van der Waals surface area contributed by atoms with Gasteiger partial charge in [0.2, 0.25) is 0 Å². The average Bonchev–Trinajstić information content (AvgIpc) is 2.81. The van der Waals surface area contributed by atoms with Gasteiger partial charge in [0.05, 0.1) is 12.2 Å². The number of aryl methyl sites for hydroxylation is 1. The first-order chi connectivity index (χ1) is 9.72. The molecule has 3 rings (SSSR count). The van der Waals surface area contributed by atoms with Gasteiger partial charge in [-0.1, -0.05) is 60.2 Å². The van der Waals surface area contributed by atoms with E-state index in [-0.39, 0.29) is 5.56 Å². The van der Waals surface area contributed by atoms with E-state index in [2.05, 4.69) is 24.2 Å². The van der Waals surface area contributed by atoms with Gasteiger partial charge in [0.1, 0.15) is 0 Å². The van der Waals surface area contributed by atoms with Crippen LogP contribution in [-0.2, 0) is 6.54 Å². The molecule has 3 aromatic rings. The molecule has 0 aliphatic rings. The van der Waals surface area contributed by atoms with Crippen LogP contribution in [0.2, 0.25) is 0 Å². The SMILES string of the molecule is Cc1cccc(Cn2[nH]c(-c3ccccc3)cc2=O)c1. The highest BCUT2D eigenvalue weighted by Gasteiger charge is 2.05. The summed E-state index contributed by atoms with van der Waals surface area (Å²) < 4.78 is 1.64. The summed E-state index contributed by atoms with van der Waals surface area (Å²) in [5.74, 6) is 0. The van der Waals surface area contributed by atoms with Gasteiger partial charge in [0.25, 0.3) is 5.56 Å². The quantitative estimate of drug-likeness (QED) is 0.775. The molecule has 0 fully saturated rings. The summed E-state index contributed by atoms with van der Waals surface area (Å²) in [6, 6.07) is 19.7. The molecule has 0 saturated heterocycles. The summed E-state index contributed by atoms with van der Waals surface area (Å²) in [4.78, 5) is 12.0. The Morgan fingerprint density at radius 3 is 2.55 bits per heavy atom. The van der Waals surface area contributed by atoms with Gasteiger partial charge in [0, 0.05) is 6.07 Å². The largest absolute Gasteiger partial charge is 0.295 e. The van der Waals surface area contributed by atoms with Crippen LogP contribution >= 0.6 is 0 Å². The molecule has 3 nitrogen and oxygen atoms in total. The summed E-state index contributed by atoms with van der Waals surface area (Å²) in [5.41, 5.74) is 4.18. The highest BCUT2D eigenvalue weighted by molar-refractivity contribution is 5.58. The lowest BCUT2D eigenvalue weighted by atomic mass is 10.1. The lowest BCUT2D eigenvalue weighted by molar-refractivity contribution is 0.665.